The van der Waals surface area contributed by atoms with Gasteiger partial charge in [-0.25, -0.2) is 0 Å². The highest BCUT2D eigenvalue weighted by molar-refractivity contribution is 7.17. The molecule has 8 aromatic carbocycles. The normalized spacial score (nSPS) is 13.5. The Morgan fingerprint density at radius 2 is 0.475 bits per heavy atom. The lowest BCUT2D eigenvalue weighted by molar-refractivity contribution is 1.58. The van der Waals surface area contributed by atoms with Crippen LogP contribution in [0.3, 0.4) is 0 Å². The molecule has 0 aromatic heterocycles. The van der Waals surface area contributed by atoms with Crippen molar-refractivity contribution in [1.29, 1.82) is 0 Å². The van der Waals surface area contributed by atoms with Crippen molar-refractivity contribution in [2.24, 2.45) is 0 Å². The summed E-state index contributed by atoms with van der Waals surface area (Å²) in [6.45, 7) is 4.96. The van der Waals surface area contributed by atoms with Gasteiger partial charge in [-0.2, -0.15) is 0 Å². The molecule has 0 saturated heterocycles. The summed E-state index contributed by atoms with van der Waals surface area (Å²) in [4.78, 5) is 0. The molecule has 0 nitrogen and oxygen atoms in total. The summed E-state index contributed by atoms with van der Waals surface area (Å²) >= 11 is 0. The number of rotatable bonds is 8. The maximum atomic E-state index is 4.22. The van der Waals surface area contributed by atoms with Gasteiger partial charge in [0.25, 0.3) is 0 Å². The molecule has 8 aromatic rings. The van der Waals surface area contributed by atoms with E-state index in [1.807, 2.05) is 0 Å². The molecule has 0 amide bonds. The van der Waals surface area contributed by atoms with Crippen LogP contribution in [0, 0.1) is 22.9 Å². The van der Waals surface area contributed by atoms with Gasteiger partial charge in [0.15, 0.2) is 0 Å². The first-order chi connectivity index (χ1) is 30.0. The Kier molecular flexibility index (Phi) is 11.2. The monoisotopic (exact) mass is 826 g/mol. The molecular weight excluding hydrogens is 781 g/mol. The second kappa shape index (κ2) is 17.3. The molecule has 0 spiro atoms. The van der Waals surface area contributed by atoms with Crippen LogP contribution in [0.15, 0.2) is 253 Å². The SMILES string of the molecule is C[Si]1(C)C(C#C[Si](c2ccccc2)(c2ccccc2)c2ccccc2)=C(c2ccccc2)C(c2ccccc2)=C1C#C[Si](c1ccccc1)(c1ccccc1)c1ccccc1. The lowest BCUT2D eigenvalue weighted by Gasteiger charge is -2.29. The Morgan fingerprint density at radius 3 is 0.689 bits per heavy atom. The van der Waals surface area contributed by atoms with Gasteiger partial charge in [0.05, 0.1) is 0 Å². The summed E-state index contributed by atoms with van der Waals surface area (Å²) in [5.41, 5.74) is 13.2. The smallest absolute Gasteiger partial charge is 0.110 e. The van der Waals surface area contributed by atoms with E-state index in [4.69, 9.17) is 0 Å². The van der Waals surface area contributed by atoms with Crippen LogP contribution >= 0.6 is 0 Å². The molecule has 1 heterocycles. The van der Waals surface area contributed by atoms with E-state index in [2.05, 4.69) is 279 Å². The minimum Gasteiger partial charge on any atom is -0.110 e. The maximum absolute atomic E-state index is 4.22. The molecular formula is C58H46Si3. The average molecular weight is 827 g/mol. The lowest BCUT2D eigenvalue weighted by Crippen LogP contribution is -2.66. The van der Waals surface area contributed by atoms with Gasteiger partial charge in [-0.05, 0) is 53.4 Å². The summed E-state index contributed by atoms with van der Waals surface area (Å²) < 4.78 is 0. The molecule has 0 aliphatic carbocycles. The maximum Gasteiger partial charge on any atom is 0.230 e. The first-order valence-corrected chi connectivity index (χ1v) is 28.0. The van der Waals surface area contributed by atoms with Gasteiger partial charge < -0.3 is 0 Å². The quantitative estimate of drug-likeness (QED) is 0.0816. The second-order valence-corrected chi connectivity index (χ2v) is 27.3. The van der Waals surface area contributed by atoms with Crippen molar-refractivity contribution >= 4 is 66.5 Å². The van der Waals surface area contributed by atoms with Crippen LogP contribution < -0.4 is 31.1 Å². The van der Waals surface area contributed by atoms with Crippen molar-refractivity contribution in [3.8, 4) is 22.9 Å². The van der Waals surface area contributed by atoms with E-state index in [0.717, 1.165) is 0 Å². The minimum atomic E-state index is -2.91. The second-order valence-electron chi connectivity index (χ2n) is 16.1. The molecule has 0 fully saturated rings. The number of benzene rings is 8. The zero-order valence-electron chi connectivity index (χ0n) is 34.6. The topological polar surface area (TPSA) is 0 Å². The molecule has 0 saturated carbocycles. The molecule has 9 rings (SSSR count). The Hall–Kier alpha value is -6.99. The predicted molar refractivity (Wildman–Crippen MR) is 268 cm³/mol. The van der Waals surface area contributed by atoms with Gasteiger partial charge in [0, 0.05) is 10.4 Å². The molecule has 3 heteroatoms. The Labute approximate surface area is 364 Å². The molecule has 0 unspecified atom stereocenters. The molecule has 290 valence electrons. The van der Waals surface area contributed by atoms with Crippen molar-refractivity contribution in [2.75, 3.05) is 0 Å². The van der Waals surface area contributed by atoms with Crippen LogP contribution in [0.2, 0.25) is 13.1 Å². The summed E-state index contributed by atoms with van der Waals surface area (Å²) in [6, 6.07) is 88.0. The fraction of sp³-hybridized carbons (Fsp3) is 0.0345. The van der Waals surface area contributed by atoms with Crippen LogP contribution in [0.25, 0.3) is 11.1 Å². The number of hydrogen-bond acceptors (Lipinski definition) is 0. The van der Waals surface area contributed by atoms with E-state index in [1.165, 1.54) is 63.8 Å². The highest BCUT2D eigenvalue weighted by Crippen LogP contribution is 2.48. The first kappa shape index (κ1) is 39.5. The lowest BCUT2D eigenvalue weighted by atomic mass is 9.92. The van der Waals surface area contributed by atoms with Gasteiger partial charge in [0.1, 0.15) is 8.07 Å². The van der Waals surface area contributed by atoms with Crippen molar-refractivity contribution in [1.82, 2.24) is 0 Å². The zero-order chi connectivity index (χ0) is 41.5. The third-order valence-electron chi connectivity index (χ3n) is 12.1. The van der Waals surface area contributed by atoms with Crippen molar-refractivity contribution in [2.45, 2.75) is 13.1 Å². The van der Waals surface area contributed by atoms with Crippen LogP contribution in [0.1, 0.15) is 11.1 Å². The predicted octanol–water partition coefficient (Wildman–Crippen LogP) is 9.12. The van der Waals surface area contributed by atoms with Crippen molar-refractivity contribution in [3.05, 3.63) is 264 Å². The largest absolute Gasteiger partial charge is 0.230 e. The molecule has 61 heavy (non-hydrogen) atoms. The zero-order valence-corrected chi connectivity index (χ0v) is 37.6. The van der Waals surface area contributed by atoms with E-state index in [9.17, 15) is 0 Å². The minimum absolute atomic E-state index is 1.17. The molecule has 0 N–H and O–H groups in total. The molecule has 0 radical (unpaired) electrons. The Balaban J connectivity index is 1.37. The molecule has 0 bridgehead atoms. The Bertz CT molecular complexity index is 2540. The van der Waals surface area contributed by atoms with Crippen molar-refractivity contribution < 1.29 is 0 Å². The van der Waals surface area contributed by atoms with Crippen LogP contribution in [0.4, 0.5) is 0 Å². The molecule has 1 aliphatic rings. The summed E-state index contributed by atoms with van der Waals surface area (Å²) in [5.74, 6) is 8.27. The number of allylic oxidation sites excluding steroid dienone is 4. The highest BCUT2D eigenvalue weighted by Gasteiger charge is 2.45. The van der Waals surface area contributed by atoms with Crippen LogP contribution in [0.5, 0.6) is 0 Å². The average Bonchev–Trinajstić information content (AvgIpc) is 3.57. The highest BCUT2D eigenvalue weighted by atomic mass is 28.3. The Morgan fingerprint density at radius 1 is 0.279 bits per heavy atom. The van der Waals surface area contributed by atoms with Gasteiger partial charge in [-0.15, -0.1) is 11.1 Å². The van der Waals surface area contributed by atoms with Gasteiger partial charge in [-0.1, -0.05) is 268 Å². The summed E-state index contributed by atoms with van der Waals surface area (Å²) in [6.07, 6.45) is 0. The molecule has 1 aliphatic heterocycles. The molecule has 0 atom stereocenters. The van der Waals surface area contributed by atoms with Crippen molar-refractivity contribution in [3.63, 3.8) is 0 Å². The fourth-order valence-corrected chi connectivity index (χ4v) is 19.8. The van der Waals surface area contributed by atoms with E-state index in [0.29, 0.717) is 0 Å². The third kappa shape index (κ3) is 7.35. The standard InChI is InChI=1S/C58H46Si3/c1-59(2)55(43-45-60(49-31-15-5-16-32-49,50-33-17-6-18-34-50)51-35-19-7-20-36-51)57(47-27-11-3-12-28-47)58(48-29-13-4-14-30-48)56(59)44-46-61(52-37-21-8-22-38-52,53-39-23-9-24-40-53)54-41-25-10-26-42-54/h3-42H,1-2H3. The summed E-state index contributed by atoms with van der Waals surface area (Å²) in [5, 5.41) is 10.1. The van der Waals surface area contributed by atoms with E-state index in [1.54, 1.807) is 0 Å². The van der Waals surface area contributed by atoms with E-state index >= 15 is 0 Å². The van der Waals surface area contributed by atoms with E-state index in [-0.39, 0.29) is 0 Å². The van der Waals surface area contributed by atoms with Gasteiger partial charge in [0.2, 0.25) is 16.1 Å². The third-order valence-corrected chi connectivity index (χ3v) is 23.6. The first-order valence-electron chi connectivity index (χ1n) is 21.0. The van der Waals surface area contributed by atoms with Crippen LogP contribution in [-0.2, 0) is 0 Å². The fourth-order valence-electron chi connectivity index (χ4n) is 9.10. The van der Waals surface area contributed by atoms with E-state index < -0.39 is 24.2 Å². The number of hydrogen-bond donors (Lipinski definition) is 0. The van der Waals surface area contributed by atoms with Gasteiger partial charge in [-0.3, -0.25) is 0 Å². The van der Waals surface area contributed by atoms with Gasteiger partial charge >= 0.3 is 0 Å². The summed E-state index contributed by atoms with van der Waals surface area (Å²) in [7, 11) is -8.46. The van der Waals surface area contributed by atoms with Crippen LogP contribution in [-0.4, -0.2) is 24.2 Å².